The summed E-state index contributed by atoms with van der Waals surface area (Å²) >= 11 is 0. The van der Waals surface area contributed by atoms with E-state index in [2.05, 4.69) is 19.9 Å². The number of aryl methyl sites for hydroxylation is 1. The van der Waals surface area contributed by atoms with E-state index in [0.29, 0.717) is 30.1 Å². The van der Waals surface area contributed by atoms with Crippen molar-refractivity contribution in [2.24, 2.45) is 5.92 Å². The van der Waals surface area contributed by atoms with Gasteiger partial charge in [-0.15, -0.1) is 0 Å². The van der Waals surface area contributed by atoms with Crippen LogP contribution in [-0.2, 0) is 6.42 Å². The monoisotopic (exact) mass is 336 g/mol. The topological polar surface area (TPSA) is 72.1 Å². The van der Waals surface area contributed by atoms with Crippen LogP contribution in [0.1, 0.15) is 36.0 Å². The lowest BCUT2D eigenvalue weighted by molar-refractivity contribution is 0.0907. The van der Waals surface area contributed by atoms with Gasteiger partial charge in [0.1, 0.15) is 6.33 Å². The molecule has 1 fully saturated rings. The number of rotatable bonds is 4. The van der Waals surface area contributed by atoms with Crippen molar-refractivity contribution in [3.05, 3.63) is 48.1 Å². The number of fused-ring (bicyclic) bond motifs is 1. The number of benzene rings is 1. The van der Waals surface area contributed by atoms with Crippen LogP contribution >= 0.6 is 0 Å². The molecule has 0 N–H and O–H groups in total. The normalized spacial score (nSPS) is 17.8. The zero-order chi connectivity index (χ0) is 17.2. The molecule has 3 heterocycles. The summed E-state index contributed by atoms with van der Waals surface area (Å²) < 4.78 is 5.64. The summed E-state index contributed by atoms with van der Waals surface area (Å²) in [5, 5.41) is 0. The second-order valence-electron chi connectivity index (χ2n) is 6.33. The Morgan fingerprint density at radius 2 is 2.12 bits per heavy atom. The largest absolute Gasteiger partial charge is 0.422 e. The van der Waals surface area contributed by atoms with E-state index in [1.165, 1.54) is 6.33 Å². The molecule has 1 atom stereocenters. The Hall–Kier alpha value is -2.76. The van der Waals surface area contributed by atoms with E-state index in [0.717, 1.165) is 30.8 Å². The second-order valence-corrected chi connectivity index (χ2v) is 6.33. The molecule has 0 bridgehead atoms. The number of piperidine rings is 1. The molecule has 3 aromatic rings. The molecular formula is C19H20N4O2. The van der Waals surface area contributed by atoms with Gasteiger partial charge in [-0.05, 0) is 12.8 Å². The molecule has 0 amide bonds. The highest BCUT2D eigenvalue weighted by Gasteiger charge is 2.29. The van der Waals surface area contributed by atoms with Gasteiger partial charge in [-0.1, -0.05) is 37.3 Å². The van der Waals surface area contributed by atoms with E-state index < -0.39 is 0 Å². The lowest BCUT2D eigenvalue weighted by Crippen LogP contribution is -2.39. The summed E-state index contributed by atoms with van der Waals surface area (Å²) in [5.74, 6) is 1.59. The number of ketones is 1. The standard InChI is InChI=1S/C19H20N4O2/c1-2-15-22-16-18(20-12-21-19(16)25-15)23-10-6-9-14(11-23)17(24)13-7-4-3-5-8-13/h3-5,7-8,12,14H,2,6,9-11H2,1H3/t14-/m0/s1. The Morgan fingerprint density at radius 1 is 1.28 bits per heavy atom. The molecular weight excluding hydrogens is 316 g/mol. The summed E-state index contributed by atoms with van der Waals surface area (Å²) in [7, 11) is 0. The number of oxazole rings is 1. The van der Waals surface area contributed by atoms with E-state index in [9.17, 15) is 4.79 Å². The number of hydrogen-bond donors (Lipinski definition) is 0. The highest BCUT2D eigenvalue weighted by atomic mass is 16.4. The highest BCUT2D eigenvalue weighted by molar-refractivity contribution is 5.98. The first-order valence-electron chi connectivity index (χ1n) is 8.71. The van der Waals surface area contributed by atoms with Crippen molar-refractivity contribution in [3.8, 4) is 0 Å². The van der Waals surface area contributed by atoms with Gasteiger partial charge in [0.05, 0.1) is 0 Å². The van der Waals surface area contributed by atoms with Gasteiger partial charge in [0.2, 0.25) is 0 Å². The minimum atomic E-state index is -0.0290. The summed E-state index contributed by atoms with van der Waals surface area (Å²) in [6.45, 7) is 3.50. The van der Waals surface area contributed by atoms with Crippen LogP contribution in [0.2, 0.25) is 0 Å². The van der Waals surface area contributed by atoms with Crippen molar-refractivity contribution in [2.45, 2.75) is 26.2 Å². The van der Waals surface area contributed by atoms with Crippen molar-refractivity contribution < 1.29 is 9.21 Å². The maximum atomic E-state index is 12.8. The minimum absolute atomic E-state index is 0.0290. The number of nitrogens with zero attached hydrogens (tertiary/aromatic N) is 4. The molecule has 0 radical (unpaired) electrons. The molecule has 1 saturated heterocycles. The molecule has 4 rings (SSSR count). The fourth-order valence-electron chi connectivity index (χ4n) is 3.39. The third kappa shape index (κ3) is 2.99. The molecule has 6 heteroatoms. The molecule has 1 aliphatic heterocycles. The highest BCUT2D eigenvalue weighted by Crippen LogP contribution is 2.28. The van der Waals surface area contributed by atoms with Crippen LogP contribution < -0.4 is 4.90 Å². The molecule has 6 nitrogen and oxygen atoms in total. The number of anilines is 1. The molecule has 0 unspecified atom stereocenters. The van der Waals surface area contributed by atoms with Crippen LogP contribution in [0.4, 0.5) is 5.82 Å². The molecule has 128 valence electrons. The maximum absolute atomic E-state index is 12.8. The van der Waals surface area contributed by atoms with Crippen molar-refractivity contribution in [1.29, 1.82) is 0 Å². The van der Waals surface area contributed by atoms with Gasteiger partial charge in [-0.25, -0.2) is 9.97 Å². The van der Waals surface area contributed by atoms with Gasteiger partial charge in [-0.3, -0.25) is 4.79 Å². The first-order valence-corrected chi connectivity index (χ1v) is 8.71. The number of hydrogen-bond acceptors (Lipinski definition) is 6. The van der Waals surface area contributed by atoms with Crippen molar-refractivity contribution in [3.63, 3.8) is 0 Å². The Bertz CT molecular complexity index is 891. The van der Waals surface area contributed by atoms with Gasteiger partial charge in [0, 0.05) is 31.0 Å². The van der Waals surface area contributed by atoms with Gasteiger partial charge in [0.15, 0.2) is 23.0 Å². The first kappa shape index (κ1) is 15.7. The lowest BCUT2D eigenvalue weighted by Gasteiger charge is -2.32. The molecule has 0 aliphatic carbocycles. The number of carbonyl (C=O) groups excluding carboxylic acids is 1. The predicted molar refractivity (Wildman–Crippen MR) is 94.7 cm³/mol. The van der Waals surface area contributed by atoms with Crippen LogP contribution in [0, 0.1) is 5.92 Å². The SMILES string of the molecule is CCc1nc2c(N3CCC[C@H](C(=O)c4ccccc4)C3)ncnc2o1. The summed E-state index contributed by atoms with van der Waals surface area (Å²) in [4.78, 5) is 28.1. The molecule has 1 aromatic carbocycles. The number of aromatic nitrogens is 3. The van der Waals surface area contributed by atoms with Gasteiger partial charge >= 0.3 is 0 Å². The van der Waals surface area contributed by atoms with E-state index in [1.807, 2.05) is 37.3 Å². The zero-order valence-electron chi connectivity index (χ0n) is 14.2. The molecule has 0 spiro atoms. The van der Waals surface area contributed by atoms with Gasteiger partial charge in [-0.2, -0.15) is 4.98 Å². The smallest absolute Gasteiger partial charge is 0.252 e. The van der Waals surface area contributed by atoms with Gasteiger partial charge in [0.25, 0.3) is 5.71 Å². The molecule has 1 aliphatic rings. The van der Waals surface area contributed by atoms with Gasteiger partial charge < -0.3 is 9.32 Å². The number of Topliss-reactive ketones (excluding diaryl/α,β-unsaturated/α-hetero) is 1. The Kier molecular flexibility index (Phi) is 4.17. The second kappa shape index (κ2) is 6.63. The Labute approximate surface area is 145 Å². The van der Waals surface area contributed by atoms with E-state index in [-0.39, 0.29) is 11.7 Å². The van der Waals surface area contributed by atoms with E-state index in [1.54, 1.807) is 0 Å². The summed E-state index contributed by atoms with van der Waals surface area (Å²) in [6.07, 6.45) is 4.07. The van der Waals surface area contributed by atoms with Crippen LogP contribution in [0.25, 0.3) is 11.2 Å². The summed E-state index contributed by atoms with van der Waals surface area (Å²) in [5.41, 5.74) is 1.97. The molecule has 0 saturated carbocycles. The number of carbonyl (C=O) groups is 1. The lowest BCUT2D eigenvalue weighted by atomic mass is 9.90. The van der Waals surface area contributed by atoms with Crippen LogP contribution in [0.5, 0.6) is 0 Å². The third-order valence-electron chi connectivity index (χ3n) is 4.67. The maximum Gasteiger partial charge on any atom is 0.252 e. The average molecular weight is 336 g/mol. The Morgan fingerprint density at radius 3 is 2.92 bits per heavy atom. The fourth-order valence-corrected chi connectivity index (χ4v) is 3.39. The van der Waals surface area contributed by atoms with Crippen molar-refractivity contribution in [1.82, 2.24) is 15.0 Å². The fraction of sp³-hybridized carbons (Fsp3) is 0.368. The van der Waals surface area contributed by atoms with Crippen LogP contribution in [0.3, 0.4) is 0 Å². The molecule has 2 aromatic heterocycles. The molecule has 25 heavy (non-hydrogen) atoms. The van der Waals surface area contributed by atoms with Crippen molar-refractivity contribution >= 4 is 22.8 Å². The van der Waals surface area contributed by atoms with Crippen LogP contribution in [0.15, 0.2) is 41.1 Å². The van der Waals surface area contributed by atoms with Crippen molar-refractivity contribution in [2.75, 3.05) is 18.0 Å². The predicted octanol–water partition coefficient (Wildman–Crippen LogP) is 3.28. The quantitative estimate of drug-likeness (QED) is 0.681. The zero-order valence-corrected chi connectivity index (χ0v) is 14.2. The van der Waals surface area contributed by atoms with E-state index in [4.69, 9.17) is 4.42 Å². The summed E-state index contributed by atoms with van der Waals surface area (Å²) in [6, 6.07) is 9.51. The first-order chi connectivity index (χ1) is 12.3. The average Bonchev–Trinajstić information content (AvgIpc) is 3.11. The van der Waals surface area contributed by atoms with Crippen LogP contribution in [-0.4, -0.2) is 33.8 Å². The third-order valence-corrected chi connectivity index (χ3v) is 4.67. The Balaban J connectivity index is 1.61. The minimum Gasteiger partial charge on any atom is -0.422 e. The van der Waals surface area contributed by atoms with E-state index >= 15 is 0 Å².